The Morgan fingerprint density at radius 1 is 1.31 bits per heavy atom. The minimum Gasteiger partial charge on any atom is -0.459 e. The van der Waals surface area contributed by atoms with Crippen molar-refractivity contribution in [1.29, 1.82) is 0 Å². The maximum absolute atomic E-state index is 10.0. The van der Waals surface area contributed by atoms with Gasteiger partial charge in [0.1, 0.15) is 0 Å². The minimum atomic E-state index is -1.08. The van der Waals surface area contributed by atoms with E-state index in [1.807, 2.05) is 18.2 Å². The van der Waals surface area contributed by atoms with Crippen molar-refractivity contribution in [3.63, 3.8) is 0 Å². The molecule has 0 saturated heterocycles. The zero-order valence-electron chi connectivity index (χ0n) is 9.10. The zero-order valence-corrected chi connectivity index (χ0v) is 10.7. The van der Waals surface area contributed by atoms with Crippen LogP contribution >= 0.6 is 23.4 Å². The molecule has 0 aliphatic carbocycles. The number of benzene rings is 1. The molecule has 0 radical (unpaired) electrons. The van der Waals surface area contributed by atoms with Crippen molar-refractivity contribution in [1.82, 2.24) is 0 Å². The van der Waals surface area contributed by atoms with Gasteiger partial charge in [0.25, 0.3) is 0 Å². The van der Waals surface area contributed by atoms with Crippen LogP contribution in [-0.4, -0.2) is 24.1 Å². The van der Waals surface area contributed by atoms with Crippen LogP contribution in [0.5, 0.6) is 0 Å². The fourth-order valence-corrected chi connectivity index (χ4v) is 1.23. The molecule has 0 saturated carbocycles. The van der Waals surface area contributed by atoms with Gasteiger partial charge in [0.15, 0.2) is 0 Å². The molecule has 0 aliphatic heterocycles. The van der Waals surface area contributed by atoms with Crippen molar-refractivity contribution in [3.05, 3.63) is 30.3 Å². The van der Waals surface area contributed by atoms with Crippen LogP contribution < -0.4 is 0 Å². The number of hydrogen-bond donors (Lipinski definition) is 0. The summed E-state index contributed by atoms with van der Waals surface area (Å²) >= 11 is 6.46. The Kier molecular flexibility index (Phi) is 8.66. The Hall–Kier alpha value is -1.00. The molecule has 1 rings (SSSR count). The van der Waals surface area contributed by atoms with E-state index in [1.165, 1.54) is 4.90 Å². The van der Waals surface area contributed by atoms with Crippen molar-refractivity contribution < 1.29 is 14.3 Å². The average Bonchev–Trinajstić information content (AvgIpc) is 2.31. The highest BCUT2D eigenvalue weighted by molar-refractivity contribution is 7.98. The molecule has 0 fully saturated rings. The van der Waals surface area contributed by atoms with Gasteiger partial charge in [-0.05, 0) is 36.9 Å². The highest BCUT2D eigenvalue weighted by atomic mass is 35.5. The smallest absolute Gasteiger partial charge is 0.391 e. The fraction of sp³-hybridized carbons (Fsp3) is 0.273. The number of thioether (sulfide) groups is 1. The Labute approximate surface area is 104 Å². The Morgan fingerprint density at radius 3 is 2.12 bits per heavy atom. The van der Waals surface area contributed by atoms with Crippen molar-refractivity contribution in [3.8, 4) is 0 Å². The number of rotatable bonds is 3. The van der Waals surface area contributed by atoms with Crippen LogP contribution in [0.1, 0.15) is 6.92 Å². The van der Waals surface area contributed by atoms with Crippen molar-refractivity contribution in [2.24, 2.45) is 0 Å². The summed E-state index contributed by atoms with van der Waals surface area (Å²) in [5.74, 6) is -0.992. The number of carbonyl (C=O) groups is 2. The normalized spacial score (nSPS) is 8.69. The summed E-state index contributed by atoms with van der Waals surface area (Å²) in [6.07, 6.45) is 2.08. The first-order valence-electron chi connectivity index (χ1n) is 4.57. The number of esters is 1. The van der Waals surface area contributed by atoms with E-state index in [1.54, 1.807) is 18.7 Å². The standard InChI is InChI=1S/C7H8S.C4H5ClO3/c1-8-7-5-3-2-4-6-7;1-2-8-4(7)3(5)6/h2-6H,1H3;2H2,1H3. The molecule has 3 nitrogen and oxygen atoms in total. The van der Waals surface area contributed by atoms with E-state index in [-0.39, 0.29) is 6.61 Å². The Balaban J connectivity index is 0.000000281. The minimum absolute atomic E-state index is 0.178. The first-order valence-corrected chi connectivity index (χ1v) is 6.17. The maximum atomic E-state index is 10.0. The molecule has 0 unspecified atom stereocenters. The van der Waals surface area contributed by atoms with Crippen LogP contribution in [0.15, 0.2) is 35.2 Å². The van der Waals surface area contributed by atoms with Gasteiger partial charge in [0, 0.05) is 4.90 Å². The molecule has 0 atom stereocenters. The quantitative estimate of drug-likeness (QED) is 0.363. The Bertz CT molecular complexity index is 327. The summed E-state index contributed by atoms with van der Waals surface area (Å²) in [5, 5.41) is -1.08. The van der Waals surface area contributed by atoms with Gasteiger partial charge in [-0.25, -0.2) is 4.79 Å². The average molecular weight is 261 g/mol. The summed E-state index contributed by atoms with van der Waals surface area (Å²) in [7, 11) is 0. The molecular weight excluding hydrogens is 248 g/mol. The molecule has 0 aliphatic rings. The second kappa shape index (κ2) is 9.24. The Morgan fingerprint density at radius 2 is 1.88 bits per heavy atom. The van der Waals surface area contributed by atoms with Gasteiger partial charge in [-0.15, -0.1) is 11.8 Å². The molecule has 5 heteroatoms. The van der Waals surface area contributed by atoms with E-state index in [0.717, 1.165) is 0 Å². The van der Waals surface area contributed by atoms with E-state index in [9.17, 15) is 9.59 Å². The van der Waals surface area contributed by atoms with Gasteiger partial charge < -0.3 is 4.74 Å². The second-order valence-corrected chi connectivity index (χ2v) is 3.73. The molecule has 0 aromatic heterocycles. The predicted octanol–water partition coefficient (Wildman–Crippen LogP) is 2.72. The van der Waals surface area contributed by atoms with E-state index in [0.29, 0.717) is 0 Å². The zero-order chi connectivity index (χ0) is 12.4. The summed E-state index contributed by atoms with van der Waals surface area (Å²) in [4.78, 5) is 21.2. The van der Waals surface area contributed by atoms with Gasteiger partial charge in [-0.2, -0.15) is 0 Å². The third-order valence-electron chi connectivity index (χ3n) is 1.41. The van der Waals surface area contributed by atoms with Crippen molar-refractivity contribution >= 4 is 34.6 Å². The molecule has 0 spiro atoms. The highest BCUT2D eigenvalue weighted by Crippen LogP contribution is 2.11. The van der Waals surface area contributed by atoms with Crippen LogP contribution in [0.4, 0.5) is 0 Å². The summed E-state index contributed by atoms with van der Waals surface area (Å²) in [6, 6.07) is 10.3. The lowest BCUT2D eigenvalue weighted by molar-refractivity contribution is -0.149. The lowest BCUT2D eigenvalue weighted by Crippen LogP contribution is -2.10. The predicted molar refractivity (Wildman–Crippen MR) is 65.7 cm³/mol. The van der Waals surface area contributed by atoms with Crippen LogP contribution in [-0.2, 0) is 14.3 Å². The number of carbonyl (C=O) groups excluding carboxylic acids is 2. The molecule has 88 valence electrons. The highest BCUT2D eigenvalue weighted by Gasteiger charge is 2.08. The van der Waals surface area contributed by atoms with Crippen LogP contribution in [0.3, 0.4) is 0 Å². The summed E-state index contributed by atoms with van der Waals surface area (Å²) in [5.41, 5.74) is 0. The first-order chi connectivity index (χ1) is 7.61. The van der Waals surface area contributed by atoms with Crippen LogP contribution in [0, 0.1) is 0 Å². The lowest BCUT2D eigenvalue weighted by Gasteiger charge is -1.91. The number of halogens is 1. The van der Waals surface area contributed by atoms with E-state index < -0.39 is 11.2 Å². The third-order valence-corrected chi connectivity index (χ3v) is 2.31. The SMILES string of the molecule is CCOC(=O)C(=O)Cl.CSc1ccccc1. The number of ether oxygens (including phenoxy) is 1. The first kappa shape index (κ1) is 15.0. The van der Waals surface area contributed by atoms with Gasteiger partial charge in [0.2, 0.25) is 0 Å². The summed E-state index contributed by atoms with van der Waals surface area (Å²) in [6.45, 7) is 1.77. The van der Waals surface area contributed by atoms with E-state index in [2.05, 4.69) is 23.1 Å². The molecule has 0 N–H and O–H groups in total. The van der Waals surface area contributed by atoms with Crippen molar-refractivity contribution in [2.45, 2.75) is 11.8 Å². The fourth-order valence-electron chi connectivity index (χ4n) is 0.744. The summed E-state index contributed by atoms with van der Waals surface area (Å²) < 4.78 is 4.18. The molecular formula is C11H13ClO3S. The van der Waals surface area contributed by atoms with Gasteiger partial charge >= 0.3 is 11.2 Å². The molecule has 0 heterocycles. The van der Waals surface area contributed by atoms with E-state index in [4.69, 9.17) is 11.6 Å². The third kappa shape index (κ3) is 7.31. The maximum Gasteiger partial charge on any atom is 0.391 e. The molecule has 0 amide bonds. The molecule has 0 bridgehead atoms. The van der Waals surface area contributed by atoms with E-state index >= 15 is 0 Å². The topological polar surface area (TPSA) is 43.4 Å². The largest absolute Gasteiger partial charge is 0.459 e. The lowest BCUT2D eigenvalue weighted by atomic mass is 10.4. The molecule has 1 aromatic carbocycles. The van der Waals surface area contributed by atoms with Crippen molar-refractivity contribution in [2.75, 3.05) is 12.9 Å². The van der Waals surface area contributed by atoms with Crippen LogP contribution in [0.25, 0.3) is 0 Å². The second-order valence-electron chi connectivity index (χ2n) is 2.51. The number of hydrogen-bond acceptors (Lipinski definition) is 4. The van der Waals surface area contributed by atoms with Gasteiger partial charge in [-0.1, -0.05) is 18.2 Å². The van der Waals surface area contributed by atoms with Gasteiger partial charge in [0.05, 0.1) is 6.61 Å². The monoisotopic (exact) mass is 260 g/mol. The molecule has 16 heavy (non-hydrogen) atoms. The van der Waals surface area contributed by atoms with Gasteiger partial charge in [-0.3, -0.25) is 4.79 Å². The molecule has 1 aromatic rings. The van der Waals surface area contributed by atoms with Crippen LogP contribution in [0.2, 0.25) is 0 Å².